The number of hydrogen-bond donors (Lipinski definition) is 2. The second-order valence-electron chi connectivity index (χ2n) is 4.43. The van der Waals surface area contributed by atoms with Crippen molar-refractivity contribution in [2.75, 3.05) is 0 Å². The van der Waals surface area contributed by atoms with Gasteiger partial charge in [0.05, 0.1) is 6.04 Å². The number of aromatic nitrogens is 1. The lowest BCUT2D eigenvalue weighted by molar-refractivity contribution is 0.0702. The molecule has 19 heavy (non-hydrogen) atoms. The van der Waals surface area contributed by atoms with Gasteiger partial charge in [-0.05, 0) is 32.4 Å². The average molecular weight is 296 g/mol. The lowest BCUT2D eigenvalue weighted by Gasteiger charge is -2.10. The third-order valence-corrected chi connectivity index (χ3v) is 5.06. The van der Waals surface area contributed by atoms with Crippen LogP contribution in [-0.4, -0.2) is 16.1 Å². The Bertz CT molecular complexity index is 589. The van der Waals surface area contributed by atoms with Crippen LogP contribution in [0.3, 0.4) is 0 Å². The molecule has 0 bridgehead atoms. The number of hydrogen-bond acceptors (Lipinski definition) is 5. The normalized spacial score (nSPS) is 12.6. The second kappa shape index (κ2) is 5.81. The standard InChI is InChI=1S/C13H16N2O2S2/c1-7-6-18-12(15-7)8(2)14-5-10-4-11(13(16)17)19-9(10)3/h4,6,8,14H,5H2,1-3H3,(H,16,17). The van der Waals surface area contributed by atoms with Crippen molar-refractivity contribution < 1.29 is 9.90 Å². The first-order chi connectivity index (χ1) is 8.97. The van der Waals surface area contributed by atoms with Gasteiger partial charge < -0.3 is 10.4 Å². The molecule has 1 unspecified atom stereocenters. The minimum absolute atomic E-state index is 0.172. The third-order valence-electron chi connectivity index (χ3n) is 2.84. The zero-order valence-corrected chi connectivity index (χ0v) is 12.7. The maximum Gasteiger partial charge on any atom is 0.345 e. The van der Waals surface area contributed by atoms with Crippen LogP contribution in [0.1, 0.15) is 43.8 Å². The molecule has 4 nitrogen and oxygen atoms in total. The summed E-state index contributed by atoms with van der Waals surface area (Å²) in [5.74, 6) is -0.858. The number of aromatic carboxylic acids is 1. The van der Waals surface area contributed by atoms with E-state index in [1.165, 1.54) is 11.3 Å². The van der Waals surface area contributed by atoms with E-state index in [2.05, 4.69) is 17.2 Å². The van der Waals surface area contributed by atoms with Crippen LogP contribution in [0.5, 0.6) is 0 Å². The highest BCUT2D eigenvalue weighted by Gasteiger charge is 2.13. The topological polar surface area (TPSA) is 62.2 Å². The first-order valence-electron chi connectivity index (χ1n) is 5.95. The van der Waals surface area contributed by atoms with Gasteiger partial charge in [-0.3, -0.25) is 0 Å². The third kappa shape index (κ3) is 3.40. The Morgan fingerprint density at radius 2 is 2.26 bits per heavy atom. The van der Waals surface area contributed by atoms with Crippen molar-refractivity contribution in [2.45, 2.75) is 33.4 Å². The smallest absolute Gasteiger partial charge is 0.345 e. The Hall–Kier alpha value is -1.24. The maximum atomic E-state index is 10.9. The summed E-state index contributed by atoms with van der Waals surface area (Å²) in [7, 11) is 0. The Balaban J connectivity index is 2.00. The first kappa shape index (κ1) is 14.2. The van der Waals surface area contributed by atoms with Crippen molar-refractivity contribution in [1.82, 2.24) is 10.3 Å². The highest BCUT2D eigenvalue weighted by molar-refractivity contribution is 7.14. The van der Waals surface area contributed by atoms with Crippen molar-refractivity contribution in [1.29, 1.82) is 0 Å². The molecular weight excluding hydrogens is 280 g/mol. The van der Waals surface area contributed by atoms with E-state index >= 15 is 0 Å². The molecule has 0 saturated carbocycles. The number of rotatable bonds is 5. The zero-order chi connectivity index (χ0) is 14.0. The number of carbonyl (C=O) groups is 1. The highest BCUT2D eigenvalue weighted by Crippen LogP contribution is 2.23. The highest BCUT2D eigenvalue weighted by atomic mass is 32.1. The van der Waals surface area contributed by atoms with Crippen molar-refractivity contribution >= 4 is 28.6 Å². The van der Waals surface area contributed by atoms with Gasteiger partial charge in [-0.15, -0.1) is 22.7 Å². The number of thiazole rings is 1. The second-order valence-corrected chi connectivity index (χ2v) is 6.57. The minimum Gasteiger partial charge on any atom is -0.477 e. The predicted octanol–water partition coefficient (Wildman–Crippen LogP) is 3.37. The van der Waals surface area contributed by atoms with Crippen molar-refractivity contribution in [3.63, 3.8) is 0 Å². The Labute approximate surface area is 120 Å². The average Bonchev–Trinajstić information content (AvgIpc) is 2.93. The van der Waals surface area contributed by atoms with E-state index < -0.39 is 5.97 Å². The van der Waals surface area contributed by atoms with Gasteiger partial charge in [-0.2, -0.15) is 0 Å². The molecule has 0 aliphatic carbocycles. The number of carboxylic acid groups (broad SMARTS) is 1. The first-order valence-corrected chi connectivity index (χ1v) is 7.65. The molecule has 2 rings (SSSR count). The maximum absolute atomic E-state index is 10.9. The molecule has 2 aromatic rings. The van der Waals surface area contributed by atoms with Crippen molar-refractivity contribution in [3.8, 4) is 0 Å². The Morgan fingerprint density at radius 3 is 2.79 bits per heavy atom. The van der Waals surface area contributed by atoms with Crippen LogP contribution < -0.4 is 5.32 Å². The molecule has 0 aromatic carbocycles. The monoisotopic (exact) mass is 296 g/mol. The van der Waals surface area contributed by atoms with E-state index in [1.54, 1.807) is 17.4 Å². The molecule has 2 aromatic heterocycles. The van der Waals surface area contributed by atoms with Crippen molar-refractivity contribution in [2.24, 2.45) is 0 Å². The molecule has 0 amide bonds. The summed E-state index contributed by atoms with van der Waals surface area (Å²) in [5.41, 5.74) is 2.08. The van der Waals surface area contributed by atoms with Crippen LogP contribution in [0.25, 0.3) is 0 Å². The molecular formula is C13H16N2O2S2. The molecule has 0 radical (unpaired) electrons. The molecule has 102 valence electrons. The molecule has 0 fully saturated rings. The van der Waals surface area contributed by atoms with Gasteiger partial charge in [0.25, 0.3) is 0 Å². The molecule has 2 heterocycles. The number of aryl methyl sites for hydroxylation is 2. The molecule has 2 N–H and O–H groups in total. The van der Waals surface area contributed by atoms with Crippen LogP contribution in [0.15, 0.2) is 11.4 Å². The summed E-state index contributed by atoms with van der Waals surface area (Å²) in [5, 5.41) is 15.4. The molecule has 0 spiro atoms. The molecule has 0 aliphatic heterocycles. The van der Waals surface area contributed by atoms with E-state index in [-0.39, 0.29) is 6.04 Å². The fourth-order valence-electron chi connectivity index (χ4n) is 1.72. The lowest BCUT2D eigenvalue weighted by atomic mass is 10.2. The Kier molecular flexibility index (Phi) is 4.34. The van der Waals surface area contributed by atoms with Gasteiger partial charge in [0.2, 0.25) is 0 Å². The van der Waals surface area contributed by atoms with E-state index in [1.807, 2.05) is 19.2 Å². The number of nitrogens with one attached hydrogen (secondary N) is 1. The largest absolute Gasteiger partial charge is 0.477 e. The summed E-state index contributed by atoms with van der Waals surface area (Å²) in [6.45, 7) is 6.66. The lowest BCUT2D eigenvalue weighted by Crippen LogP contribution is -2.18. The van der Waals surface area contributed by atoms with Gasteiger partial charge in [0, 0.05) is 22.5 Å². The molecule has 1 atom stereocenters. The molecule has 0 aliphatic rings. The predicted molar refractivity (Wildman–Crippen MR) is 78.1 cm³/mol. The van der Waals surface area contributed by atoms with Gasteiger partial charge in [-0.1, -0.05) is 0 Å². The van der Waals surface area contributed by atoms with Gasteiger partial charge >= 0.3 is 5.97 Å². The molecule has 0 saturated heterocycles. The van der Waals surface area contributed by atoms with E-state index in [9.17, 15) is 4.79 Å². The van der Waals surface area contributed by atoms with E-state index in [4.69, 9.17) is 5.11 Å². The fourth-order valence-corrected chi connectivity index (χ4v) is 3.43. The number of nitrogens with zero attached hydrogens (tertiary/aromatic N) is 1. The van der Waals surface area contributed by atoms with E-state index in [0.29, 0.717) is 11.4 Å². The minimum atomic E-state index is -0.858. The molecule has 6 heteroatoms. The van der Waals surface area contributed by atoms with Crippen LogP contribution in [-0.2, 0) is 6.54 Å². The van der Waals surface area contributed by atoms with Crippen LogP contribution >= 0.6 is 22.7 Å². The van der Waals surface area contributed by atoms with E-state index in [0.717, 1.165) is 21.1 Å². The number of thiophene rings is 1. The van der Waals surface area contributed by atoms with Gasteiger partial charge in [0.15, 0.2) is 0 Å². The van der Waals surface area contributed by atoms with Crippen LogP contribution in [0.4, 0.5) is 0 Å². The summed E-state index contributed by atoms with van der Waals surface area (Å²) >= 11 is 2.96. The van der Waals surface area contributed by atoms with Crippen LogP contribution in [0.2, 0.25) is 0 Å². The summed E-state index contributed by atoms with van der Waals surface area (Å²) in [4.78, 5) is 16.8. The zero-order valence-electron chi connectivity index (χ0n) is 11.1. The van der Waals surface area contributed by atoms with Gasteiger partial charge in [-0.25, -0.2) is 9.78 Å². The summed E-state index contributed by atoms with van der Waals surface area (Å²) in [6, 6.07) is 1.92. The van der Waals surface area contributed by atoms with Crippen molar-refractivity contribution in [3.05, 3.63) is 37.5 Å². The summed E-state index contributed by atoms with van der Waals surface area (Å²) in [6.07, 6.45) is 0. The van der Waals surface area contributed by atoms with Gasteiger partial charge in [0.1, 0.15) is 9.88 Å². The SMILES string of the molecule is Cc1csc(C(C)NCc2cc(C(=O)O)sc2C)n1. The fraction of sp³-hybridized carbons (Fsp3) is 0.385. The summed E-state index contributed by atoms with van der Waals surface area (Å²) < 4.78 is 0. The Morgan fingerprint density at radius 1 is 1.53 bits per heavy atom. The van der Waals surface area contributed by atoms with Crippen LogP contribution in [0, 0.1) is 13.8 Å². The number of carboxylic acids is 1. The quantitative estimate of drug-likeness (QED) is 0.888.